The zero-order valence-corrected chi connectivity index (χ0v) is 12.3. The van der Waals surface area contributed by atoms with Gasteiger partial charge in [0, 0.05) is 18.2 Å². The van der Waals surface area contributed by atoms with Gasteiger partial charge < -0.3 is 10.6 Å². The van der Waals surface area contributed by atoms with Gasteiger partial charge in [0.25, 0.3) is 0 Å². The van der Waals surface area contributed by atoms with E-state index in [-0.39, 0.29) is 0 Å². The lowest BCUT2D eigenvalue weighted by atomic mass is 9.95. The largest absolute Gasteiger partial charge is 0.367 e. The van der Waals surface area contributed by atoms with E-state index < -0.39 is 0 Å². The summed E-state index contributed by atoms with van der Waals surface area (Å²) in [4.78, 5) is 8.73. The Bertz CT molecular complexity index is 373. The van der Waals surface area contributed by atoms with Gasteiger partial charge in [-0.25, -0.2) is 9.97 Å². The van der Waals surface area contributed by atoms with Crippen LogP contribution < -0.4 is 10.6 Å². The summed E-state index contributed by atoms with van der Waals surface area (Å²) in [7, 11) is 0. The van der Waals surface area contributed by atoms with E-state index in [1.807, 2.05) is 0 Å². The van der Waals surface area contributed by atoms with Crippen LogP contribution in [0.2, 0.25) is 0 Å². The molecule has 110 valence electrons. The molecule has 1 aromatic rings. The van der Waals surface area contributed by atoms with Crippen molar-refractivity contribution < 1.29 is 0 Å². The van der Waals surface area contributed by atoms with Crippen molar-refractivity contribution in [3.8, 4) is 0 Å². The Kier molecular flexibility index (Phi) is 4.72. The van der Waals surface area contributed by atoms with Gasteiger partial charge in [0.15, 0.2) is 0 Å². The summed E-state index contributed by atoms with van der Waals surface area (Å²) in [5.74, 6) is 1.95. The van der Waals surface area contributed by atoms with Gasteiger partial charge in [0.05, 0.1) is 0 Å². The van der Waals surface area contributed by atoms with Crippen LogP contribution in [-0.2, 0) is 0 Å². The minimum atomic E-state index is 0.598. The lowest BCUT2D eigenvalue weighted by Gasteiger charge is -2.25. The van der Waals surface area contributed by atoms with Gasteiger partial charge in [-0.05, 0) is 25.7 Å². The van der Waals surface area contributed by atoms with Crippen molar-refractivity contribution >= 4 is 11.6 Å². The molecule has 0 spiro atoms. The lowest BCUT2D eigenvalue weighted by molar-refractivity contribution is 0.460. The van der Waals surface area contributed by atoms with E-state index in [0.717, 1.165) is 11.6 Å². The van der Waals surface area contributed by atoms with Crippen molar-refractivity contribution in [1.29, 1.82) is 0 Å². The lowest BCUT2D eigenvalue weighted by Crippen LogP contribution is -2.24. The highest BCUT2D eigenvalue weighted by Gasteiger charge is 2.15. The molecule has 1 aromatic heterocycles. The van der Waals surface area contributed by atoms with Crippen LogP contribution in [0.25, 0.3) is 0 Å². The van der Waals surface area contributed by atoms with Gasteiger partial charge >= 0.3 is 0 Å². The molecule has 2 aliphatic carbocycles. The molecule has 0 aliphatic heterocycles. The third-order valence-corrected chi connectivity index (χ3v) is 4.58. The number of aromatic nitrogens is 2. The maximum atomic E-state index is 4.36. The highest BCUT2D eigenvalue weighted by atomic mass is 15.1. The Morgan fingerprint density at radius 1 is 0.700 bits per heavy atom. The number of nitrogens with one attached hydrogen (secondary N) is 2. The standard InChI is InChI=1S/C16H26N4/c1-3-7-13(8-4-1)19-15-11-16(18-12-17-15)20-14-9-5-2-6-10-14/h11-14H,1-10H2,(H2,17,18,19,20). The fourth-order valence-electron chi connectivity index (χ4n) is 3.43. The molecule has 0 bridgehead atoms. The Morgan fingerprint density at radius 3 is 1.60 bits per heavy atom. The van der Waals surface area contributed by atoms with Gasteiger partial charge in [-0.2, -0.15) is 0 Å². The summed E-state index contributed by atoms with van der Waals surface area (Å²) in [6, 6.07) is 3.27. The van der Waals surface area contributed by atoms with Crippen molar-refractivity contribution in [1.82, 2.24) is 9.97 Å². The first-order valence-corrected chi connectivity index (χ1v) is 8.25. The molecule has 0 saturated heterocycles. The molecular weight excluding hydrogens is 248 g/mol. The third kappa shape index (κ3) is 3.84. The molecule has 0 radical (unpaired) electrons. The monoisotopic (exact) mass is 274 g/mol. The summed E-state index contributed by atoms with van der Waals surface area (Å²) in [5.41, 5.74) is 0. The van der Waals surface area contributed by atoms with Crippen molar-refractivity contribution in [2.45, 2.75) is 76.3 Å². The molecule has 4 nitrogen and oxygen atoms in total. The predicted octanol–water partition coefficient (Wildman–Crippen LogP) is 3.97. The minimum Gasteiger partial charge on any atom is -0.367 e. The van der Waals surface area contributed by atoms with Crippen molar-refractivity contribution in [3.05, 3.63) is 12.4 Å². The summed E-state index contributed by atoms with van der Waals surface area (Å²) in [6.45, 7) is 0. The van der Waals surface area contributed by atoms with Crippen LogP contribution in [0.4, 0.5) is 11.6 Å². The van der Waals surface area contributed by atoms with Crippen LogP contribution in [0.3, 0.4) is 0 Å². The van der Waals surface area contributed by atoms with E-state index in [9.17, 15) is 0 Å². The van der Waals surface area contributed by atoms with Gasteiger partial charge in [-0.1, -0.05) is 38.5 Å². The molecule has 2 aliphatic rings. The summed E-state index contributed by atoms with van der Waals surface area (Å²) >= 11 is 0. The fraction of sp³-hybridized carbons (Fsp3) is 0.750. The van der Waals surface area contributed by atoms with Crippen LogP contribution >= 0.6 is 0 Å². The van der Waals surface area contributed by atoms with Crippen LogP contribution in [0.5, 0.6) is 0 Å². The highest BCUT2D eigenvalue weighted by molar-refractivity contribution is 5.47. The minimum absolute atomic E-state index is 0.598. The zero-order chi connectivity index (χ0) is 13.6. The highest BCUT2D eigenvalue weighted by Crippen LogP contribution is 2.23. The van der Waals surface area contributed by atoms with E-state index in [1.54, 1.807) is 6.33 Å². The summed E-state index contributed by atoms with van der Waals surface area (Å²) < 4.78 is 0. The van der Waals surface area contributed by atoms with E-state index in [2.05, 4.69) is 26.7 Å². The van der Waals surface area contributed by atoms with E-state index in [4.69, 9.17) is 0 Å². The second kappa shape index (κ2) is 6.91. The molecule has 0 atom stereocenters. The van der Waals surface area contributed by atoms with Crippen LogP contribution in [-0.4, -0.2) is 22.1 Å². The first-order valence-electron chi connectivity index (χ1n) is 8.25. The molecule has 1 heterocycles. The number of hydrogen-bond donors (Lipinski definition) is 2. The molecule has 0 unspecified atom stereocenters. The molecule has 2 N–H and O–H groups in total. The quantitative estimate of drug-likeness (QED) is 0.872. The molecule has 2 fully saturated rings. The van der Waals surface area contributed by atoms with E-state index in [0.29, 0.717) is 12.1 Å². The first-order chi connectivity index (χ1) is 9.90. The smallest absolute Gasteiger partial charge is 0.131 e. The first kappa shape index (κ1) is 13.7. The van der Waals surface area contributed by atoms with Crippen LogP contribution in [0, 0.1) is 0 Å². The van der Waals surface area contributed by atoms with Crippen molar-refractivity contribution in [2.75, 3.05) is 10.6 Å². The maximum Gasteiger partial charge on any atom is 0.131 e. The SMILES string of the molecule is c1nc(NC2CCCCC2)cc(NC2CCCCC2)n1. The average molecular weight is 274 g/mol. The van der Waals surface area contributed by atoms with Gasteiger partial charge in [0.1, 0.15) is 18.0 Å². The molecule has 3 rings (SSSR count). The predicted molar refractivity (Wildman–Crippen MR) is 83.0 cm³/mol. The van der Waals surface area contributed by atoms with E-state index >= 15 is 0 Å². The van der Waals surface area contributed by atoms with Gasteiger partial charge in [-0.3, -0.25) is 0 Å². The Morgan fingerprint density at radius 2 is 1.15 bits per heavy atom. The molecule has 4 heteroatoms. The fourth-order valence-corrected chi connectivity index (χ4v) is 3.43. The normalized spacial score (nSPS) is 21.6. The molecular formula is C16H26N4. The van der Waals surface area contributed by atoms with E-state index in [1.165, 1.54) is 64.2 Å². The second-order valence-corrected chi connectivity index (χ2v) is 6.25. The number of hydrogen-bond acceptors (Lipinski definition) is 4. The number of anilines is 2. The average Bonchev–Trinajstić information content (AvgIpc) is 2.50. The third-order valence-electron chi connectivity index (χ3n) is 4.58. The number of nitrogens with zero attached hydrogens (tertiary/aromatic N) is 2. The molecule has 20 heavy (non-hydrogen) atoms. The van der Waals surface area contributed by atoms with Crippen molar-refractivity contribution in [2.24, 2.45) is 0 Å². The van der Waals surface area contributed by atoms with Gasteiger partial charge in [-0.15, -0.1) is 0 Å². The molecule has 0 amide bonds. The van der Waals surface area contributed by atoms with Crippen molar-refractivity contribution in [3.63, 3.8) is 0 Å². The van der Waals surface area contributed by atoms with Gasteiger partial charge in [0.2, 0.25) is 0 Å². The molecule has 2 saturated carbocycles. The number of rotatable bonds is 4. The Labute approximate surface area is 121 Å². The Balaban J connectivity index is 1.57. The molecule has 0 aromatic carbocycles. The van der Waals surface area contributed by atoms with Crippen LogP contribution in [0.1, 0.15) is 64.2 Å². The topological polar surface area (TPSA) is 49.8 Å². The summed E-state index contributed by atoms with van der Waals surface area (Å²) in [5, 5.41) is 7.13. The Hall–Kier alpha value is -1.32. The maximum absolute atomic E-state index is 4.36. The second-order valence-electron chi connectivity index (χ2n) is 6.25. The van der Waals surface area contributed by atoms with Crippen LogP contribution in [0.15, 0.2) is 12.4 Å². The summed E-state index contributed by atoms with van der Waals surface area (Å²) in [6.07, 6.45) is 14.9. The zero-order valence-electron chi connectivity index (χ0n) is 12.3.